The van der Waals surface area contributed by atoms with Crippen LogP contribution in [0.25, 0.3) is 5.69 Å². The van der Waals surface area contributed by atoms with Crippen LogP contribution in [0.5, 0.6) is 0 Å². The molecule has 0 unspecified atom stereocenters. The van der Waals surface area contributed by atoms with Gasteiger partial charge in [-0.3, -0.25) is 4.79 Å². The first-order valence-electron chi connectivity index (χ1n) is 9.52. The summed E-state index contributed by atoms with van der Waals surface area (Å²) in [4.78, 5) is 12.8. The molecule has 2 heterocycles. The van der Waals surface area contributed by atoms with Gasteiger partial charge in [-0.1, -0.05) is 0 Å². The molecule has 0 bridgehead atoms. The zero-order valence-corrected chi connectivity index (χ0v) is 17.6. The van der Waals surface area contributed by atoms with Crippen molar-refractivity contribution in [3.05, 3.63) is 82.7 Å². The minimum atomic E-state index is -3.52. The minimum Gasteiger partial charge on any atom is -0.318 e. The monoisotopic (exact) mass is 443 g/mol. The van der Waals surface area contributed by atoms with Gasteiger partial charge in [0.1, 0.15) is 11.6 Å². The Balaban J connectivity index is 1.64. The average molecular weight is 443 g/mol. The highest BCUT2D eigenvalue weighted by molar-refractivity contribution is 7.91. The molecular formula is C22H19F2N3O3S. The lowest BCUT2D eigenvalue weighted by atomic mass is 10.1. The Bertz CT molecular complexity index is 1330. The van der Waals surface area contributed by atoms with Gasteiger partial charge < -0.3 is 4.57 Å². The molecule has 0 fully saturated rings. The Labute approximate surface area is 178 Å². The number of carbonyl (C=O) groups is 1. The number of halogens is 2. The largest absolute Gasteiger partial charge is 0.318 e. The zero-order valence-electron chi connectivity index (χ0n) is 16.8. The molecule has 2 aromatic carbocycles. The van der Waals surface area contributed by atoms with E-state index in [1.165, 1.54) is 18.2 Å². The van der Waals surface area contributed by atoms with E-state index in [2.05, 4.69) is 10.5 Å². The Morgan fingerprint density at radius 2 is 1.71 bits per heavy atom. The number of hydrogen-bond donors (Lipinski definition) is 1. The van der Waals surface area contributed by atoms with E-state index in [9.17, 15) is 22.0 Å². The predicted octanol–water partition coefficient (Wildman–Crippen LogP) is 3.68. The molecule has 1 amide bonds. The molecule has 6 nitrogen and oxygen atoms in total. The summed E-state index contributed by atoms with van der Waals surface area (Å²) >= 11 is 0. The summed E-state index contributed by atoms with van der Waals surface area (Å²) in [6, 6.07) is 11.0. The summed E-state index contributed by atoms with van der Waals surface area (Å²) < 4.78 is 53.2. The van der Waals surface area contributed by atoms with Crippen molar-refractivity contribution in [1.82, 2.24) is 9.99 Å². The molecule has 1 N–H and O–H groups in total. The number of carbonyl (C=O) groups excluding carboxylic acids is 1. The maximum Gasteiger partial charge on any atom is 0.273 e. The molecule has 4 rings (SSSR count). The zero-order chi connectivity index (χ0) is 22.3. The van der Waals surface area contributed by atoms with Gasteiger partial charge >= 0.3 is 0 Å². The van der Waals surface area contributed by atoms with Gasteiger partial charge in [-0.05, 0) is 62.4 Å². The maximum atomic E-state index is 13.7. The van der Waals surface area contributed by atoms with E-state index < -0.39 is 21.6 Å². The fourth-order valence-corrected chi connectivity index (χ4v) is 5.22. The summed E-state index contributed by atoms with van der Waals surface area (Å²) in [5.41, 5.74) is 5.40. The van der Waals surface area contributed by atoms with Crippen LogP contribution in [0, 0.1) is 25.5 Å². The SMILES string of the molecule is Cc1cc(C(=O)NN=C2CCS(=O)(=O)c3ccc(F)cc32)c(C)n1-c1ccc(F)cc1. The first kappa shape index (κ1) is 20.9. The molecule has 1 aliphatic heterocycles. The third-order valence-electron chi connectivity index (χ3n) is 5.25. The fraction of sp³-hybridized carbons (Fsp3) is 0.182. The minimum absolute atomic E-state index is 0.00244. The molecule has 0 aliphatic carbocycles. The van der Waals surface area contributed by atoms with Crippen molar-refractivity contribution in [3.63, 3.8) is 0 Å². The fourth-order valence-electron chi connectivity index (χ4n) is 3.75. The number of nitrogens with one attached hydrogen (secondary N) is 1. The lowest BCUT2D eigenvalue weighted by molar-refractivity contribution is 0.0954. The molecule has 1 aliphatic rings. The number of hydrogen-bond acceptors (Lipinski definition) is 4. The van der Waals surface area contributed by atoms with Crippen molar-refractivity contribution in [2.24, 2.45) is 5.10 Å². The second kappa shape index (κ2) is 7.73. The van der Waals surface area contributed by atoms with E-state index in [0.29, 0.717) is 22.7 Å². The van der Waals surface area contributed by atoms with E-state index >= 15 is 0 Å². The molecular weight excluding hydrogens is 424 g/mol. The van der Waals surface area contributed by atoms with E-state index in [-0.39, 0.29) is 28.4 Å². The van der Waals surface area contributed by atoms with Crippen molar-refractivity contribution in [2.75, 3.05) is 5.75 Å². The van der Waals surface area contributed by atoms with E-state index in [4.69, 9.17) is 0 Å². The van der Waals surface area contributed by atoms with Crippen molar-refractivity contribution in [2.45, 2.75) is 25.2 Å². The first-order chi connectivity index (χ1) is 14.7. The van der Waals surface area contributed by atoms with Gasteiger partial charge in [0, 0.05) is 29.1 Å². The lowest BCUT2D eigenvalue weighted by Gasteiger charge is -2.18. The highest BCUT2D eigenvalue weighted by Crippen LogP contribution is 2.26. The number of aromatic nitrogens is 1. The van der Waals surface area contributed by atoms with Crippen LogP contribution in [0.2, 0.25) is 0 Å². The summed E-state index contributed by atoms with van der Waals surface area (Å²) in [7, 11) is -3.52. The lowest BCUT2D eigenvalue weighted by Crippen LogP contribution is -2.26. The second-order valence-electron chi connectivity index (χ2n) is 7.31. The Morgan fingerprint density at radius 3 is 2.42 bits per heavy atom. The first-order valence-corrected chi connectivity index (χ1v) is 11.2. The van der Waals surface area contributed by atoms with E-state index in [0.717, 1.165) is 17.8 Å². The third kappa shape index (κ3) is 3.88. The van der Waals surface area contributed by atoms with Crippen molar-refractivity contribution in [3.8, 4) is 5.69 Å². The Morgan fingerprint density at radius 1 is 1.03 bits per heavy atom. The Kier molecular flexibility index (Phi) is 5.22. The number of hydrazone groups is 1. The molecule has 1 aromatic heterocycles. The van der Waals surface area contributed by atoms with Gasteiger partial charge in [0.2, 0.25) is 0 Å². The standard InChI is InChI=1S/C22H19F2N3O3S/c1-13-11-18(14(2)27(13)17-6-3-15(23)4-7-17)22(28)26-25-20-9-10-31(29,30)21-8-5-16(24)12-19(20)21/h3-8,11-12H,9-10H2,1-2H3,(H,26,28). The molecule has 160 valence electrons. The summed E-state index contributed by atoms with van der Waals surface area (Å²) in [6.45, 7) is 3.58. The van der Waals surface area contributed by atoms with Crippen LogP contribution in [0.15, 0.2) is 58.5 Å². The number of rotatable bonds is 3. The smallest absolute Gasteiger partial charge is 0.273 e. The van der Waals surface area contributed by atoms with Crippen molar-refractivity contribution < 1.29 is 22.0 Å². The van der Waals surface area contributed by atoms with Crippen LogP contribution in [0.4, 0.5) is 8.78 Å². The van der Waals surface area contributed by atoms with Crippen LogP contribution in [-0.4, -0.2) is 30.4 Å². The highest BCUT2D eigenvalue weighted by atomic mass is 32.2. The van der Waals surface area contributed by atoms with Crippen molar-refractivity contribution in [1.29, 1.82) is 0 Å². The molecule has 0 radical (unpaired) electrons. The molecule has 9 heteroatoms. The van der Waals surface area contributed by atoms with E-state index in [1.807, 2.05) is 11.5 Å². The molecule has 31 heavy (non-hydrogen) atoms. The van der Waals surface area contributed by atoms with Crippen LogP contribution < -0.4 is 5.43 Å². The number of benzene rings is 2. The number of sulfone groups is 1. The average Bonchev–Trinajstić information content (AvgIpc) is 3.02. The number of aryl methyl sites for hydroxylation is 1. The van der Waals surface area contributed by atoms with Crippen LogP contribution >= 0.6 is 0 Å². The maximum absolute atomic E-state index is 13.7. The summed E-state index contributed by atoms with van der Waals surface area (Å²) in [6.07, 6.45) is 0.0632. The van der Waals surface area contributed by atoms with Crippen LogP contribution in [0.3, 0.4) is 0 Å². The van der Waals surface area contributed by atoms with Gasteiger partial charge in [-0.2, -0.15) is 5.10 Å². The molecule has 0 saturated heterocycles. The Hall–Kier alpha value is -3.33. The van der Waals surface area contributed by atoms with Crippen LogP contribution in [-0.2, 0) is 9.84 Å². The van der Waals surface area contributed by atoms with Gasteiger partial charge in [-0.25, -0.2) is 22.6 Å². The summed E-state index contributed by atoms with van der Waals surface area (Å²) in [5.74, 6) is -1.59. The van der Waals surface area contributed by atoms with Gasteiger partial charge in [-0.15, -0.1) is 0 Å². The van der Waals surface area contributed by atoms with Gasteiger partial charge in [0.15, 0.2) is 9.84 Å². The number of fused-ring (bicyclic) bond motifs is 1. The third-order valence-corrected chi connectivity index (χ3v) is 7.02. The second-order valence-corrected chi connectivity index (χ2v) is 9.38. The molecule has 0 saturated carbocycles. The molecule has 3 aromatic rings. The molecule has 0 atom stereocenters. The topological polar surface area (TPSA) is 80.5 Å². The number of amides is 1. The number of nitrogens with zero attached hydrogens (tertiary/aromatic N) is 2. The van der Waals surface area contributed by atoms with Gasteiger partial charge in [0.25, 0.3) is 5.91 Å². The predicted molar refractivity (Wildman–Crippen MR) is 112 cm³/mol. The molecule has 0 spiro atoms. The quantitative estimate of drug-likeness (QED) is 0.495. The van der Waals surface area contributed by atoms with Crippen molar-refractivity contribution >= 4 is 21.5 Å². The normalized spacial score (nSPS) is 16.2. The van der Waals surface area contributed by atoms with Crippen LogP contribution in [0.1, 0.15) is 33.7 Å². The summed E-state index contributed by atoms with van der Waals surface area (Å²) in [5, 5.41) is 4.10. The highest BCUT2D eigenvalue weighted by Gasteiger charge is 2.28. The van der Waals surface area contributed by atoms with Gasteiger partial charge in [0.05, 0.1) is 21.9 Å². The van der Waals surface area contributed by atoms with E-state index in [1.54, 1.807) is 25.1 Å².